The smallest absolute Gasteiger partial charge is 0.338 e. The van der Waals surface area contributed by atoms with E-state index in [9.17, 15) is 4.79 Å². The summed E-state index contributed by atoms with van der Waals surface area (Å²) >= 11 is 0. The minimum Gasteiger partial charge on any atom is -0.461 e. The Morgan fingerprint density at radius 1 is 1.10 bits per heavy atom. The van der Waals surface area contributed by atoms with Gasteiger partial charge in [0.2, 0.25) is 6.79 Å². The molecule has 2 aromatic carbocycles. The van der Waals surface area contributed by atoms with E-state index in [1.54, 1.807) is 12.1 Å². The zero-order valence-corrected chi connectivity index (χ0v) is 18.2. The number of ether oxygens (including phenoxy) is 4. The number of rotatable bonds is 4. The fourth-order valence-electron chi connectivity index (χ4n) is 5.51. The van der Waals surface area contributed by atoms with Crippen molar-refractivity contribution >= 4 is 5.97 Å². The summed E-state index contributed by atoms with van der Waals surface area (Å²) < 4.78 is 23.4. The van der Waals surface area contributed by atoms with Gasteiger partial charge in [0, 0.05) is 11.3 Å². The predicted octanol–water partition coefficient (Wildman–Crippen LogP) is 5.18. The number of allylic oxidation sites excluding steroid dienone is 1. The van der Waals surface area contributed by atoms with Crippen LogP contribution in [0, 0.1) is 23.2 Å². The Labute approximate surface area is 183 Å². The molecule has 0 amide bonds. The highest BCUT2D eigenvalue weighted by Crippen LogP contribution is 2.56. The Morgan fingerprint density at radius 2 is 1.87 bits per heavy atom. The zero-order valence-electron chi connectivity index (χ0n) is 18.2. The average Bonchev–Trinajstić information content (AvgIpc) is 3.25. The lowest BCUT2D eigenvalue weighted by Crippen LogP contribution is -2.54. The summed E-state index contributed by atoms with van der Waals surface area (Å²) in [5.41, 5.74) is 2.75. The molecule has 0 spiro atoms. The van der Waals surface area contributed by atoms with Gasteiger partial charge in [-0.1, -0.05) is 49.8 Å². The van der Waals surface area contributed by atoms with Gasteiger partial charge in [0.25, 0.3) is 0 Å². The van der Waals surface area contributed by atoms with Crippen LogP contribution in [-0.4, -0.2) is 26.0 Å². The molecule has 0 unspecified atom stereocenters. The molecule has 31 heavy (non-hydrogen) atoms. The van der Waals surface area contributed by atoms with E-state index in [2.05, 4.69) is 32.9 Å². The minimum atomic E-state index is -0.282. The third kappa shape index (κ3) is 3.32. The largest absolute Gasteiger partial charge is 0.461 e. The average molecular weight is 421 g/mol. The Bertz CT molecular complexity index is 1010. The molecule has 0 radical (unpaired) electrons. The molecule has 5 rings (SSSR count). The molecule has 162 valence electrons. The molecular weight excluding hydrogens is 392 g/mol. The summed E-state index contributed by atoms with van der Waals surface area (Å²) in [5, 5.41) is 0. The van der Waals surface area contributed by atoms with E-state index in [0.29, 0.717) is 24.7 Å². The number of hydrogen-bond donors (Lipinski definition) is 0. The van der Waals surface area contributed by atoms with Gasteiger partial charge in [-0.15, -0.1) is 0 Å². The molecule has 2 bridgehead atoms. The zero-order chi connectivity index (χ0) is 21.6. The lowest BCUT2D eigenvalue weighted by molar-refractivity contribution is -0.166. The summed E-state index contributed by atoms with van der Waals surface area (Å²) in [5.74, 6) is 2.02. The Balaban J connectivity index is 1.40. The number of carbonyl (C=O) groups excluding carboxylic acids is 1. The van der Waals surface area contributed by atoms with Crippen molar-refractivity contribution in [1.29, 1.82) is 0 Å². The van der Waals surface area contributed by atoms with Crippen molar-refractivity contribution in [3.05, 3.63) is 71.3 Å². The summed E-state index contributed by atoms with van der Waals surface area (Å²) in [6.45, 7) is 7.81. The van der Waals surface area contributed by atoms with Crippen molar-refractivity contribution in [2.75, 3.05) is 20.0 Å². The number of hydrogen-bond acceptors (Lipinski definition) is 5. The van der Waals surface area contributed by atoms with Crippen molar-refractivity contribution in [3.63, 3.8) is 0 Å². The monoisotopic (exact) mass is 420 g/mol. The first kappa shape index (κ1) is 20.1. The second-order valence-electron chi connectivity index (χ2n) is 9.03. The molecule has 1 fully saturated rings. The third-order valence-electron chi connectivity index (χ3n) is 7.46. The number of esters is 1. The van der Waals surface area contributed by atoms with E-state index in [1.165, 1.54) is 5.57 Å². The van der Waals surface area contributed by atoms with E-state index in [1.807, 2.05) is 30.3 Å². The van der Waals surface area contributed by atoms with Crippen LogP contribution in [0.15, 0.2) is 60.2 Å². The molecular formula is C26H28O5. The fraction of sp³-hybridized carbons (Fsp3) is 0.423. The normalized spacial score (nSPS) is 31.1. The molecule has 0 saturated carbocycles. The van der Waals surface area contributed by atoms with Crippen LogP contribution < -0.4 is 9.47 Å². The maximum atomic E-state index is 12.6. The summed E-state index contributed by atoms with van der Waals surface area (Å²) in [6, 6.07) is 15.2. The molecule has 0 aromatic heterocycles. The van der Waals surface area contributed by atoms with Gasteiger partial charge in [-0.2, -0.15) is 0 Å². The second-order valence-corrected chi connectivity index (χ2v) is 9.03. The lowest BCUT2D eigenvalue weighted by Gasteiger charge is -2.55. The van der Waals surface area contributed by atoms with Crippen molar-refractivity contribution in [1.82, 2.24) is 0 Å². The van der Waals surface area contributed by atoms with Crippen molar-refractivity contribution < 1.29 is 23.7 Å². The lowest BCUT2D eigenvalue weighted by atomic mass is 9.56. The molecule has 1 aliphatic carbocycles. The molecule has 2 heterocycles. The van der Waals surface area contributed by atoms with Crippen LogP contribution in [0.25, 0.3) is 0 Å². The van der Waals surface area contributed by atoms with Crippen LogP contribution in [0.1, 0.15) is 42.8 Å². The van der Waals surface area contributed by atoms with Crippen LogP contribution in [-0.2, 0) is 9.47 Å². The number of benzene rings is 2. The van der Waals surface area contributed by atoms with Gasteiger partial charge in [-0.25, -0.2) is 4.79 Å². The quantitative estimate of drug-likeness (QED) is 0.504. The molecule has 5 nitrogen and oxygen atoms in total. The maximum absolute atomic E-state index is 12.6. The van der Waals surface area contributed by atoms with E-state index < -0.39 is 0 Å². The van der Waals surface area contributed by atoms with Crippen molar-refractivity contribution in [3.8, 4) is 11.5 Å². The van der Waals surface area contributed by atoms with E-state index in [0.717, 1.165) is 17.1 Å². The molecule has 0 N–H and O–H groups in total. The summed E-state index contributed by atoms with van der Waals surface area (Å²) in [7, 11) is 0. The van der Waals surface area contributed by atoms with Crippen LogP contribution in [0.4, 0.5) is 0 Å². The predicted molar refractivity (Wildman–Crippen MR) is 116 cm³/mol. The van der Waals surface area contributed by atoms with Gasteiger partial charge in [0.05, 0.1) is 18.3 Å². The van der Waals surface area contributed by atoms with Crippen LogP contribution in [0.5, 0.6) is 11.5 Å². The minimum absolute atomic E-state index is 0.0637. The molecule has 2 aromatic rings. The summed E-state index contributed by atoms with van der Waals surface area (Å²) in [6.07, 6.45) is 2.27. The Morgan fingerprint density at radius 3 is 2.68 bits per heavy atom. The highest BCUT2D eigenvalue weighted by Gasteiger charge is 2.54. The first-order valence-electron chi connectivity index (χ1n) is 10.9. The molecule has 5 atom stereocenters. The molecule has 3 aliphatic rings. The van der Waals surface area contributed by atoms with Gasteiger partial charge >= 0.3 is 5.97 Å². The van der Waals surface area contributed by atoms with Gasteiger partial charge < -0.3 is 18.9 Å². The van der Waals surface area contributed by atoms with Crippen molar-refractivity contribution in [2.24, 2.45) is 23.2 Å². The highest BCUT2D eigenvalue weighted by atomic mass is 16.7. The van der Waals surface area contributed by atoms with Gasteiger partial charge in [0.15, 0.2) is 11.5 Å². The standard InChI is InChI=1S/C26H28O5/c1-16-11-17(2)26(14-29-25(27)19-7-5-4-6-8-19)13-28-24(23(16)18(26)3)20-9-10-21-22(12-20)31-15-30-21/h4-12,17-18,23-24H,13-15H2,1-3H3/t17-,18+,23+,24+,26-/m0/s1. The van der Waals surface area contributed by atoms with Crippen LogP contribution >= 0.6 is 0 Å². The molecule has 2 aliphatic heterocycles. The Kier molecular flexibility index (Phi) is 5.01. The summed E-state index contributed by atoms with van der Waals surface area (Å²) in [4.78, 5) is 12.6. The number of carbonyl (C=O) groups is 1. The molecule has 1 saturated heterocycles. The Hall–Kier alpha value is -2.79. The van der Waals surface area contributed by atoms with E-state index in [-0.39, 0.29) is 36.1 Å². The third-order valence-corrected chi connectivity index (χ3v) is 7.46. The second kappa shape index (κ2) is 7.72. The van der Waals surface area contributed by atoms with Gasteiger partial charge in [0.1, 0.15) is 6.61 Å². The maximum Gasteiger partial charge on any atom is 0.338 e. The van der Waals surface area contributed by atoms with E-state index >= 15 is 0 Å². The fourth-order valence-corrected chi connectivity index (χ4v) is 5.51. The van der Waals surface area contributed by atoms with Gasteiger partial charge in [-0.05, 0) is 48.6 Å². The van der Waals surface area contributed by atoms with E-state index in [4.69, 9.17) is 18.9 Å². The van der Waals surface area contributed by atoms with Crippen LogP contribution in [0.2, 0.25) is 0 Å². The van der Waals surface area contributed by atoms with Crippen LogP contribution in [0.3, 0.4) is 0 Å². The number of fused-ring (bicyclic) bond motifs is 3. The first-order chi connectivity index (χ1) is 15.0. The van der Waals surface area contributed by atoms with Crippen molar-refractivity contribution in [2.45, 2.75) is 26.9 Å². The first-order valence-corrected chi connectivity index (χ1v) is 10.9. The topological polar surface area (TPSA) is 54.0 Å². The molecule has 5 heteroatoms. The van der Waals surface area contributed by atoms with Gasteiger partial charge in [-0.3, -0.25) is 0 Å². The highest BCUT2D eigenvalue weighted by molar-refractivity contribution is 5.89. The SMILES string of the molecule is CC1=C[C@H](C)[C@@]2(COC(=O)c3ccccc3)CO[C@H](c3ccc4c(c3)OCO4)[C@H]1[C@H]2C.